The first-order valence-electron chi connectivity index (χ1n) is 11.1. The zero-order valence-corrected chi connectivity index (χ0v) is 18.1. The third kappa shape index (κ3) is 4.52. The summed E-state index contributed by atoms with van der Waals surface area (Å²) in [5.41, 5.74) is 2.13. The Kier molecular flexibility index (Phi) is 5.89. The van der Waals surface area contributed by atoms with Crippen LogP contribution < -0.4 is 4.74 Å². The van der Waals surface area contributed by atoms with E-state index < -0.39 is 0 Å². The fourth-order valence-corrected chi connectivity index (χ4v) is 3.98. The summed E-state index contributed by atoms with van der Waals surface area (Å²) in [6, 6.07) is 7.54. The van der Waals surface area contributed by atoms with Gasteiger partial charge >= 0.3 is 0 Å². The number of ether oxygens (including phenoxy) is 2. The Bertz CT molecular complexity index is 1060. The molecule has 1 aromatic carbocycles. The van der Waals surface area contributed by atoms with Crippen LogP contribution in [0.25, 0.3) is 11.3 Å². The minimum atomic E-state index is -0.0553. The van der Waals surface area contributed by atoms with Crippen LogP contribution in [0, 0.1) is 5.92 Å². The summed E-state index contributed by atoms with van der Waals surface area (Å²) in [7, 11) is 1.62. The quantitative estimate of drug-likeness (QED) is 0.513. The van der Waals surface area contributed by atoms with Gasteiger partial charge in [-0.05, 0) is 49.4 Å². The summed E-state index contributed by atoms with van der Waals surface area (Å²) in [5.74, 6) is 2.76. The van der Waals surface area contributed by atoms with Crippen LogP contribution >= 0.6 is 0 Å². The summed E-state index contributed by atoms with van der Waals surface area (Å²) >= 11 is 0. The first kappa shape index (κ1) is 20.7. The van der Waals surface area contributed by atoms with Crippen molar-refractivity contribution in [2.24, 2.45) is 5.92 Å². The fourth-order valence-electron chi connectivity index (χ4n) is 3.98. The van der Waals surface area contributed by atoms with Gasteiger partial charge in [0.25, 0.3) is 5.91 Å². The molecule has 1 saturated carbocycles. The van der Waals surface area contributed by atoms with Crippen LogP contribution in [0.4, 0.5) is 0 Å². The van der Waals surface area contributed by atoms with Crippen LogP contribution in [0.2, 0.25) is 0 Å². The highest BCUT2D eigenvalue weighted by Crippen LogP contribution is 2.30. The molecule has 1 N–H and O–H groups in total. The highest BCUT2D eigenvalue weighted by molar-refractivity contribution is 6.00. The summed E-state index contributed by atoms with van der Waals surface area (Å²) < 4.78 is 16.4. The zero-order chi connectivity index (χ0) is 21.9. The summed E-state index contributed by atoms with van der Waals surface area (Å²) in [6.45, 7) is 2.63. The maximum absolute atomic E-state index is 13.2. The van der Waals surface area contributed by atoms with E-state index in [4.69, 9.17) is 14.0 Å². The predicted molar refractivity (Wildman–Crippen MR) is 115 cm³/mol. The molecule has 168 valence electrons. The van der Waals surface area contributed by atoms with Crippen LogP contribution in [0.15, 0.2) is 35.0 Å². The van der Waals surface area contributed by atoms with E-state index in [9.17, 15) is 4.79 Å². The van der Waals surface area contributed by atoms with E-state index in [1.54, 1.807) is 13.3 Å². The monoisotopic (exact) mass is 437 g/mol. The van der Waals surface area contributed by atoms with Gasteiger partial charge in [0.15, 0.2) is 5.82 Å². The van der Waals surface area contributed by atoms with E-state index in [0.717, 1.165) is 30.3 Å². The molecule has 9 nitrogen and oxygen atoms in total. The van der Waals surface area contributed by atoms with Gasteiger partial charge in [-0.2, -0.15) is 10.1 Å². The minimum absolute atomic E-state index is 0.0453. The van der Waals surface area contributed by atoms with Gasteiger partial charge in [-0.1, -0.05) is 5.16 Å². The van der Waals surface area contributed by atoms with Crippen LogP contribution in [-0.2, 0) is 11.2 Å². The number of nitrogens with zero attached hydrogens (tertiary/aromatic N) is 4. The number of H-pyrrole nitrogens is 1. The highest BCUT2D eigenvalue weighted by Gasteiger charge is 2.33. The van der Waals surface area contributed by atoms with Gasteiger partial charge in [0.2, 0.25) is 5.89 Å². The summed E-state index contributed by atoms with van der Waals surface area (Å²) in [5, 5.41) is 11.1. The van der Waals surface area contributed by atoms with Crippen molar-refractivity contribution in [2.45, 2.75) is 31.6 Å². The number of hydrogen-bond donors (Lipinski definition) is 1. The molecule has 9 heteroatoms. The molecule has 2 fully saturated rings. The second kappa shape index (κ2) is 9.12. The molecule has 5 rings (SSSR count). The molecule has 1 aliphatic heterocycles. The maximum atomic E-state index is 13.2. The van der Waals surface area contributed by atoms with Crippen LogP contribution in [0.3, 0.4) is 0 Å². The van der Waals surface area contributed by atoms with Gasteiger partial charge in [-0.15, -0.1) is 0 Å². The predicted octanol–water partition coefficient (Wildman–Crippen LogP) is 3.07. The molecule has 3 heterocycles. The largest absolute Gasteiger partial charge is 0.497 e. The number of likely N-dealkylation sites (tertiary alicyclic amines) is 1. The molecule has 0 radical (unpaired) electrons. The average molecular weight is 438 g/mol. The second-order valence-corrected chi connectivity index (χ2v) is 8.44. The Morgan fingerprint density at radius 2 is 2.09 bits per heavy atom. The minimum Gasteiger partial charge on any atom is -0.497 e. The number of aromatic amines is 1. The number of rotatable bonds is 9. The van der Waals surface area contributed by atoms with E-state index in [1.807, 2.05) is 29.2 Å². The third-order valence-electron chi connectivity index (χ3n) is 6.08. The standard InChI is InChI=1S/C23H27N5O4/c1-30-18-6-4-16(5-7-18)21-19(12-24-26-21)23(29)28-10-8-17(13-28)22-25-20(27-32-22)9-11-31-14-15-2-3-15/h4-7,12,15,17H,2-3,8-11,13-14H2,1H3,(H,24,26). The number of amides is 1. The number of nitrogens with one attached hydrogen (secondary N) is 1. The molecule has 1 atom stereocenters. The van der Waals surface area contributed by atoms with Crippen LogP contribution in [-0.4, -0.2) is 64.6 Å². The van der Waals surface area contributed by atoms with Gasteiger partial charge < -0.3 is 18.9 Å². The smallest absolute Gasteiger partial charge is 0.257 e. The van der Waals surface area contributed by atoms with E-state index in [-0.39, 0.29) is 11.8 Å². The topological polar surface area (TPSA) is 106 Å². The lowest BCUT2D eigenvalue weighted by Gasteiger charge is -2.16. The van der Waals surface area contributed by atoms with Gasteiger partial charge in [-0.25, -0.2) is 0 Å². The first-order valence-corrected chi connectivity index (χ1v) is 11.1. The Hall–Kier alpha value is -3.20. The number of hydrogen-bond acceptors (Lipinski definition) is 7. The Balaban J connectivity index is 1.19. The van der Waals surface area contributed by atoms with Crippen molar-refractivity contribution in [2.75, 3.05) is 33.4 Å². The van der Waals surface area contributed by atoms with Crippen molar-refractivity contribution < 1.29 is 18.8 Å². The molecule has 1 unspecified atom stereocenters. The van der Waals surface area contributed by atoms with Crippen LogP contribution in [0.1, 0.15) is 47.3 Å². The van der Waals surface area contributed by atoms with Crippen molar-refractivity contribution in [3.05, 3.63) is 47.7 Å². The van der Waals surface area contributed by atoms with Gasteiger partial charge in [-0.3, -0.25) is 9.89 Å². The van der Waals surface area contributed by atoms with E-state index in [1.165, 1.54) is 12.8 Å². The number of methoxy groups -OCH3 is 1. The molecule has 3 aromatic rings. The van der Waals surface area contributed by atoms with Crippen molar-refractivity contribution in [1.82, 2.24) is 25.2 Å². The Morgan fingerprint density at radius 3 is 2.88 bits per heavy atom. The molecular formula is C23H27N5O4. The lowest BCUT2D eigenvalue weighted by Crippen LogP contribution is -2.28. The molecule has 1 aliphatic carbocycles. The van der Waals surface area contributed by atoms with Crippen molar-refractivity contribution in [1.29, 1.82) is 0 Å². The number of carbonyl (C=O) groups is 1. The number of carbonyl (C=O) groups excluding carboxylic acids is 1. The summed E-state index contributed by atoms with van der Waals surface area (Å²) in [4.78, 5) is 19.6. The lowest BCUT2D eigenvalue weighted by atomic mass is 10.1. The van der Waals surface area contributed by atoms with E-state index in [0.29, 0.717) is 49.1 Å². The van der Waals surface area contributed by atoms with E-state index >= 15 is 0 Å². The normalized spacial score (nSPS) is 18.3. The Morgan fingerprint density at radius 1 is 1.25 bits per heavy atom. The first-order chi connectivity index (χ1) is 15.7. The van der Waals surface area contributed by atoms with Gasteiger partial charge in [0, 0.05) is 31.7 Å². The SMILES string of the molecule is COc1ccc(-c2[nH]ncc2C(=O)N2CCC(c3nc(CCOCC4CC4)no3)C2)cc1. The summed E-state index contributed by atoms with van der Waals surface area (Å²) in [6.07, 6.45) is 5.59. The average Bonchev–Trinajstić information content (AvgIpc) is 3.23. The lowest BCUT2D eigenvalue weighted by molar-refractivity contribution is 0.0790. The van der Waals surface area contributed by atoms with Crippen molar-refractivity contribution in [3.63, 3.8) is 0 Å². The van der Waals surface area contributed by atoms with Crippen LogP contribution in [0.5, 0.6) is 5.75 Å². The molecule has 1 saturated heterocycles. The Labute approximate surface area is 186 Å². The molecule has 0 spiro atoms. The molecule has 2 aliphatic rings. The number of aromatic nitrogens is 4. The number of benzene rings is 1. The zero-order valence-electron chi connectivity index (χ0n) is 18.1. The third-order valence-corrected chi connectivity index (χ3v) is 6.08. The molecule has 1 amide bonds. The van der Waals surface area contributed by atoms with E-state index in [2.05, 4.69) is 20.3 Å². The second-order valence-electron chi connectivity index (χ2n) is 8.44. The van der Waals surface area contributed by atoms with Crippen molar-refractivity contribution in [3.8, 4) is 17.0 Å². The van der Waals surface area contributed by atoms with Gasteiger partial charge in [0.1, 0.15) is 5.75 Å². The fraction of sp³-hybridized carbons (Fsp3) is 0.478. The van der Waals surface area contributed by atoms with Crippen molar-refractivity contribution >= 4 is 5.91 Å². The maximum Gasteiger partial charge on any atom is 0.257 e. The molecule has 0 bridgehead atoms. The molecule has 32 heavy (non-hydrogen) atoms. The molecule has 2 aromatic heterocycles. The highest BCUT2D eigenvalue weighted by atomic mass is 16.5. The van der Waals surface area contributed by atoms with Gasteiger partial charge in [0.05, 0.1) is 37.1 Å². The molecular weight excluding hydrogens is 410 g/mol.